The van der Waals surface area contributed by atoms with E-state index in [0.717, 1.165) is 16.5 Å². The Morgan fingerprint density at radius 3 is 2.80 bits per heavy atom. The molecule has 0 fully saturated rings. The minimum absolute atomic E-state index is 0.0764. The number of carbonyl (C=O) groups is 1. The molecule has 1 N–H and O–H groups in total. The van der Waals surface area contributed by atoms with Gasteiger partial charge in [0.15, 0.2) is 5.82 Å². The fourth-order valence-corrected chi connectivity index (χ4v) is 2.74. The fraction of sp³-hybridized carbons (Fsp3) is 0.211. The standard InChI is InChI=1S/C19H18ClN3O2/c1-12(21-13(2)24)11-25-15-7-5-6-14(10-15)19-22-17-9-4-3-8-16(17)18(20)23-19/h3-10,12H,11H2,1-2H3,(H,21,24). The highest BCUT2D eigenvalue weighted by molar-refractivity contribution is 6.34. The molecule has 1 heterocycles. The SMILES string of the molecule is CC(=O)NC(C)COc1cccc(-c2nc(Cl)c3ccccc3n2)c1. The average Bonchev–Trinajstić information content (AvgIpc) is 2.60. The minimum atomic E-state index is -0.0796. The molecule has 1 atom stereocenters. The van der Waals surface area contributed by atoms with Gasteiger partial charge in [0, 0.05) is 17.9 Å². The number of ether oxygens (including phenoxy) is 1. The smallest absolute Gasteiger partial charge is 0.217 e. The summed E-state index contributed by atoms with van der Waals surface area (Å²) in [6, 6.07) is 15.0. The summed E-state index contributed by atoms with van der Waals surface area (Å²) in [5, 5.41) is 4.03. The molecule has 3 rings (SSSR count). The van der Waals surface area contributed by atoms with E-state index in [1.807, 2.05) is 55.5 Å². The molecular formula is C19H18ClN3O2. The maximum absolute atomic E-state index is 11.0. The van der Waals surface area contributed by atoms with Crippen molar-refractivity contribution in [3.05, 3.63) is 53.7 Å². The van der Waals surface area contributed by atoms with Crippen molar-refractivity contribution < 1.29 is 9.53 Å². The van der Waals surface area contributed by atoms with Gasteiger partial charge in [-0.1, -0.05) is 35.9 Å². The molecule has 25 heavy (non-hydrogen) atoms. The summed E-state index contributed by atoms with van der Waals surface area (Å²) in [5.41, 5.74) is 1.61. The summed E-state index contributed by atoms with van der Waals surface area (Å²) in [5.74, 6) is 1.15. The second kappa shape index (κ2) is 7.49. The molecule has 0 saturated heterocycles. The van der Waals surface area contributed by atoms with Crippen LogP contribution in [0.2, 0.25) is 5.15 Å². The van der Waals surface area contributed by atoms with Crippen LogP contribution < -0.4 is 10.1 Å². The van der Waals surface area contributed by atoms with Crippen LogP contribution in [0.25, 0.3) is 22.3 Å². The van der Waals surface area contributed by atoms with E-state index >= 15 is 0 Å². The quantitative estimate of drug-likeness (QED) is 0.706. The molecule has 1 amide bonds. The largest absolute Gasteiger partial charge is 0.491 e. The first-order valence-electron chi connectivity index (χ1n) is 7.95. The predicted octanol–water partition coefficient (Wildman–Crippen LogP) is 3.85. The van der Waals surface area contributed by atoms with Gasteiger partial charge in [0.05, 0.1) is 11.6 Å². The second-order valence-electron chi connectivity index (χ2n) is 5.80. The molecule has 1 unspecified atom stereocenters. The van der Waals surface area contributed by atoms with E-state index in [2.05, 4.69) is 15.3 Å². The molecule has 0 aliphatic heterocycles. The van der Waals surface area contributed by atoms with Crippen LogP contribution in [0.4, 0.5) is 0 Å². The van der Waals surface area contributed by atoms with Crippen molar-refractivity contribution in [1.29, 1.82) is 0 Å². The van der Waals surface area contributed by atoms with Crippen molar-refractivity contribution >= 4 is 28.4 Å². The van der Waals surface area contributed by atoms with E-state index in [1.165, 1.54) is 6.92 Å². The van der Waals surface area contributed by atoms with Gasteiger partial charge in [-0.15, -0.1) is 0 Å². The van der Waals surface area contributed by atoms with Crippen molar-refractivity contribution in [2.24, 2.45) is 0 Å². The van der Waals surface area contributed by atoms with Crippen molar-refractivity contribution in [3.63, 3.8) is 0 Å². The monoisotopic (exact) mass is 355 g/mol. The third-order valence-corrected chi connectivity index (χ3v) is 3.89. The zero-order valence-corrected chi connectivity index (χ0v) is 14.7. The van der Waals surface area contributed by atoms with E-state index in [1.54, 1.807) is 0 Å². The Balaban J connectivity index is 1.83. The Labute approximate surface area is 151 Å². The van der Waals surface area contributed by atoms with Crippen LogP contribution >= 0.6 is 11.6 Å². The van der Waals surface area contributed by atoms with E-state index in [0.29, 0.717) is 23.3 Å². The third kappa shape index (κ3) is 4.25. The molecule has 6 heteroatoms. The molecule has 0 bridgehead atoms. The van der Waals surface area contributed by atoms with E-state index in [-0.39, 0.29) is 11.9 Å². The van der Waals surface area contributed by atoms with Crippen LogP contribution in [-0.4, -0.2) is 28.5 Å². The fourth-order valence-electron chi connectivity index (χ4n) is 2.50. The highest BCUT2D eigenvalue weighted by atomic mass is 35.5. The molecule has 128 valence electrons. The van der Waals surface area contributed by atoms with E-state index in [9.17, 15) is 4.79 Å². The topological polar surface area (TPSA) is 64.1 Å². The number of amides is 1. The maximum atomic E-state index is 11.0. The van der Waals surface area contributed by atoms with Gasteiger partial charge in [-0.2, -0.15) is 0 Å². The Hall–Kier alpha value is -2.66. The summed E-state index contributed by atoms with van der Waals surface area (Å²) in [4.78, 5) is 20.0. The van der Waals surface area contributed by atoms with Gasteiger partial charge in [-0.25, -0.2) is 9.97 Å². The number of rotatable bonds is 5. The lowest BCUT2D eigenvalue weighted by atomic mass is 10.2. The van der Waals surface area contributed by atoms with Crippen molar-refractivity contribution in [2.75, 3.05) is 6.61 Å². The van der Waals surface area contributed by atoms with Gasteiger partial charge in [0.2, 0.25) is 5.91 Å². The van der Waals surface area contributed by atoms with E-state index in [4.69, 9.17) is 16.3 Å². The number of para-hydroxylation sites is 1. The highest BCUT2D eigenvalue weighted by Crippen LogP contribution is 2.26. The van der Waals surface area contributed by atoms with Gasteiger partial charge in [0.25, 0.3) is 0 Å². The first kappa shape index (κ1) is 17.2. The van der Waals surface area contributed by atoms with Crippen LogP contribution in [0.3, 0.4) is 0 Å². The van der Waals surface area contributed by atoms with Crippen LogP contribution in [0.1, 0.15) is 13.8 Å². The number of benzene rings is 2. The van der Waals surface area contributed by atoms with Crippen LogP contribution in [0, 0.1) is 0 Å². The molecule has 1 aromatic heterocycles. The van der Waals surface area contributed by atoms with Crippen molar-refractivity contribution in [1.82, 2.24) is 15.3 Å². The summed E-state index contributed by atoms with van der Waals surface area (Å²) in [7, 11) is 0. The van der Waals surface area contributed by atoms with Gasteiger partial charge in [-0.3, -0.25) is 4.79 Å². The van der Waals surface area contributed by atoms with Gasteiger partial charge >= 0.3 is 0 Å². The first-order chi connectivity index (χ1) is 12.0. The number of halogens is 1. The normalized spacial score (nSPS) is 12.0. The van der Waals surface area contributed by atoms with Gasteiger partial charge < -0.3 is 10.1 Å². The maximum Gasteiger partial charge on any atom is 0.217 e. The van der Waals surface area contributed by atoms with E-state index < -0.39 is 0 Å². The number of nitrogens with zero attached hydrogens (tertiary/aromatic N) is 2. The number of fused-ring (bicyclic) bond motifs is 1. The third-order valence-electron chi connectivity index (χ3n) is 3.60. The van der Waals surface area contributed by atoms with Crippen LogP contribution in [-0.2, 0) is 4.79 Å². The van der Waals surface area contributed by atoms with Crippen LogP contribution in [0.15, 0.2) is 48.5 Å². The van der Waals surface area contributed by atoms with Gasteiger partial charge in [-0.05, 0) is 31.2 Å². The molecule has 3 aromatic rings. The number of nitrogens with one attached hydrogen (secondary N) is 1. The molecule has 2 aromatic carbocycles. The number of aromatic nitrogens is 2. The Morgan fingerprint density at radius 2 is 2.00 bits per heavy atom. The zero-order valence-electron chi connectivity index (χ0n) is 14.0. The molecule has 0 aliphatic carbocycles. The van der Waals surface area contributed by atoms with Crippen LogP contribution in [0.5, 0.6) is 5.75 Å². The lowest BCUT2D eigenvalue weighted by Gasteiger charge is -2.14. The second-order valence-corrected chi connectivity index (χ2v) is 6.15. The zero-order chi connectivity index (χ0) is 17.8. The molecular weight excluding hydrogens is 338 g/mol. The van der Waals surface area contributed by atoms with Crippen molar-refractivity contribution in [3.8, 4) is 17.1 Å². The molecule has 5 nitrogen and oxygen atoms in total. The highest BCUT2D eigenvalue weighted by Gasteiger charge is 2.09. The predicted molar refractivity (Wildman–Crippen MR) is 98.8 cm³/mol. The Morgan fingerprint density at radius 1 is 1.20 bits per heavy atom. The molecule has 0 radical (unpaired) electrons. The molecule has 0 spiro atoms. The van der Waals surface area contributed by atoms with Crippen molar-refractivity contribution in [2.45, 2.75) is 19.9 Å². The summed E-state index contributed by atoms with van der Waals surface area (Å²) >= 11 is 6.28. The molecule has 0 aliphatic rings. The Bertz CT molecular complexity index is 914. The Kier molecular flexibility index (Phi) is 5.14. The summed E-state index contributed by atoms with van der Waals surface area (Å²) in [6.07, 6.45) is 0. The number of carbonyl (C=O) groups excluding carboxylic acids is 1. The van der Waals surface area contributed by atoms with Gasteiger partial charge in [0.1, 0.15) is 17.5 Å². The molecule has 0 saturated carbocycles. The minimum Gasteiger partial charge on any atom is -0.491 e. The number of hydrogen-bond acceptors (Lipinski definition) is 4. The summed E-state index contributed by atoms with van der Waals surface area (Å²) < 4.78 is 5.75. The number of hydrogen-bond donors (Lipinski definition) is 1. The summed E-state index contributed by atoms with van der Waals surface area (Å²) in [6.45, 7) is 3.75. The first-order valence-corrected chi connectivity index (χ1v) is 8.33. The lowest BCUT2D eigenvalue weighted by Crippen LogP contribution is -2.35. The average molecular weight is 356 g/mol. The lowest BCUT2D eigenvalue weighted by molar-refractivity contribution is -0.119.